The van der Waals surface area contributed by atoms with Gasteiger partial charge in [-0.1, -0.05) is 50.1 Å². The Hall–Kier alpha value is -1.28. The lowest BCUT2D eigenvalue weighted by Gasteiger charge is -2.12. The Bertz CT molecular complexity index is 447. The summed E-state index contributed by atoms with van der Waals surface area (Å²) in [5, 5.41) is 0. The van der Waals surface area contributed by atoms with Gasteiger partial charge in [-0.3, -0.25) is 0 Å². The van der Waals surface area contributed by atoms with Gasteiger partial charge in [0.05, 0.1) is 6.61 Å². The van der Waals surface area contributed by atoms with Gasteiger partial charge in [0.1, 0.15) is 18.0 Å². The summed E-state index contributed by atoms with van der Waals surface area (Å²) in [5.74, 6) is 1.02. The van der Waals surface area contributed by atoms with E-state index in [9.17, 15) is 0 Å². The summed E-state index contributed by atoms with van der Waals surface area (Å²) in [6.45, 7) is 5.80. The molecule has 1 heterocycles. The van der Waals surface area contributed by atoms with Crippen LogP contribution in [0.2, 0.25) is 0 Å². The van der Waals surface area contributed by atoms with Crippen molar-refractivity contribution in [1.29, 1.82) is 0 Å². The smallest absolute Gasteiger partial charge is 0.123 e. The standard InChI is InChI=1S/C19H28O2/c1-3-4-5-6-7-8-9-12-17-13-10-11-14-18(17)20-15-19(2)16-21-19/h6-7,10-11,13-14H,3-5,8-9,12,15-16H2,1-2H3/b7-6+. The predicted octanol–water partition coefficient (Wildman–Crippen LogP) is 4.92. The van der Waals surface area contributed by atoms with E-state index in [-0.39, 0.29) is 5.60 Å². The molecular weight excluding hydrogens is 260 g/mol. The summed E-state index contributed by atoms with van der Waals surface area (Å²) < 4.78 is 11.3. The van der Waals surface area contributed by atoms with Crippen LogP contribution in [-0.2, 0) is 11.2 Å². The average molecular weight is 288 g/mol. The van der Waals surface area contributed by atoms with E-state index in [1.165, 1.54) is 31.2 Å². The van der Waals surface area contributed by atoms with Gasteiger partial charge in [0.15, 0.2) is 0 Å². The second-order valence-corrected chi connectivity index (χ2v) is 6.14. The first-order valence-electron chi connectivity index (χ1n) is 8.23. The van der Waals surface area contributed by atoms with Gasteiger partial charge in [-0.2, -0.15) is 0 Å². The second kappa shape index (κ2) is 8.23. The van der Waals surface area contributed by atoms with Crippen molar-refractivity contribution >= 4 is 0 Å². The zero-order valence-electron chi connectivity index (χ0n) is 13.4. The minimum Gasteiger partial charge on any atom is -0.490 e. The molecule has 1 aromatic rings. The molecule has 0 aliphatic carbocycles. The van der Waals surface area contributed by atoms with Crippen LogP contribution < -0.4 is 4.74 Å². The van der Waals surface area contributed by atoms with E-state index in [0.717, 1.165) is 25.2 Å². The molecule has 0 bridgehead atoms. The topological polar surface area (TPSA) is 21.8 Å². The van der Waals surface area contributed by atoms with Gasteiger partial charge in [-0.05, 0) is 44.2 Å². The molecule has 1 unspecified atom stereocenters. The van der Waals surface area contributed by atoms with Crippen molar-refractivity contribution in [3.05, 3.63) is 42.0 Å². The summed E-state index contributed by atoms with van der Waals surface area (Å²) in [7, 11) is 0. The Balaban J connectivity index is 1.73. The zero-order chi connectivity index (χ0) is 15.0. The molecule has 21 heavy (non-hydrogen) atoms. The summed E-state index contributed by atoms with van der Waals surface area (Å²) in [5.41, 5.74) is 1.26. The van der Waals surface area contributed by atoms with Gasteiger partial charge in [0.2, 0.25) is 0 Å². The lowest BCUT2D eigenvalue weighted by molar-refractivity contribution is 0.201. The van der Waals surface area contributed by atoms with E-state index in [1.807, 2.05) is 6.07 Å². The van der Waals surface area contributed by atoms with Crippen LogP contribution in [0.5, 0.6) is 5.75 Å². The molecule has 1 fully saturated rings. The maximum absolute atomic E-state index is 5.93. The van der Waals surface area contributed by atoms with Crippen LogP contribution in [-0.4, -0.2) is 18.8 Å². The first-order valence-corrected chi connectivity index (χ1v) is 8.23. The molecule has 0 spiro atoms. The molecule has 1 atom stereocenters. The number of benzene rings is 1. The molecule has 0 radical (unpaired) electrons. The molecule has 0 aromatic heterocycles. The van der Waals surface area contributed by atoms with E-state index in [1.54, 1.807) is 0 Å². The fraction of sp³-hybridized carbons (Fsp3) is 0.579. The van der Waals surface area contributed by atoms with Gasteiger partial charge >= 0.3 is 0 Å². The van der Waals surface area contributed by atoms with Crippen LogP contribution >= 0.6 is 0 Å². The Morgan fingerprint density at radius 1 is 1.19 bits per heavy atom. The van der Waals surface area contributed by atoms with Gasteiger partial charge < -0.3 is 9.47 Å². The van der Waals surface area contributed by atoms with Crippen LogP contribution in [0.15, 0.2) is 36.4 Å². The summed E-state index contributed by atoms with van der Waals surface area (Å²) in [6.07, 6.45) is 11.8. The third-order valence-electron chi connectivity index (χ3n) is 3.85. The number of unbranched alkanes of at least 4 members (excludes halogenated alkanes) is 3. The third-order valence-corrected chi connectivity index (χ3v) is 3.85. The molecular formula is C19H28O2. The highest BCUT2D eigenvalue weighted by Crippen LogP contribution is 2.28. The predicted molar refractivity (Wildman–Crippen MR) is 87.9 cm³/mol. The number of rotatable bonds is 10. The van der Waals surface area contributed by atoms with Crippen molar-refractivity contribution in [1.82, 2.24) is 0 Å². The van der Waals surface area contributed by atoms with E-state index >= 15 is 0 Å². The molecule has 1 aromatic carbocycles. The maximum atomic E-state index is 5.93. The molecule has 1 aliphatic heterocycles. The van der Waals surface area contributed by atoms with Crippen LogP contribution in [0.3, 0.4) is 0 Å². The fourth-order valence-corrected chi connectivity index (χ4v) is 2.26. The Morgan fingerprint density at radius 3 is 2.62 bits per heavy atom. The quantitative estimate of drug-likeness (QED) is 0.346. The number of allylic oxidation sites excluding steroid dienone is 2. The minimum atomic E-state index is -0.0465. The molecule has 2 rings (SSSR count). The normalized spacial score (nSPS) is 20.9. The van der Waals surface area contributed by atoms with Gasteiger partial charge in [0.25, 0.3) is 0 Å². The maximum Gasteiger partial charge on any atom is 0.123 e. The SMILES string of the molecule is CCCC/C=C/CCCc1ccccc1OCC1(C)CO1. The molecule has 2 heteroatoms. The second-order valence-electron chi connectivity index (χ2n) is 6.14. The lowest BCUT2D eigenvalue weighted by atomic mass is 10.1. The number of hydrogen-bond acceptors (Lipinski definition) is 2. The summed E-state index contributed by atoms with van der Waals surface area (Å²) >= 11 is 0. The van der Waals surface area contributed by atoms with Gasteiger partial charge in [-0.15, -0.1) is 0 Å². The average Bonchev–Trinajstić information content (AvgIpc) is 3.23. The molecule has 2 nitrogen and oxygen atoms in total. The van der Waals surface area contributed by atoms with Crippen molar-refractivity contribution < 1.29 is 9.47 Å². The van der Waals surface area contributed by atoms with Crippen molar-refractivity contribution in [3.63, 3.8) is 0 Å². The highest BCUT2D eigenvalue weighted by Gasteiger charge is 2.40. The molecule has 116 valence electrons. The monoisotopic (exact) mass is 288 g/mol. The molecule has 1 saturated heterocycles. The number of para-hydroxylation sites is 1. The van der Waals surface area contributed by atoms with Crippen LogP contribution in [0.4, 0.5) is 0 Å². The Labute approximate surface area is 129 Å². The highest BCUT2D eigenvalue weighted by atomic mass is 16.6. The Morgan fingerprint density at radius 2 is 1.90 bits per heavy atom. The molecule has 0 N–H and O–H groups in total. The van der Waals surface area contributed by atoms with E-state index < -0.39 is 0 Å². The minimum absolute atomic E-state index is 0.0465. The van der Waals surface area contributed by atoms with Gasteiger partial charge in [0, 0.05) is 0 Å². The highest BCUT2D eigenvalue weighted by molar-refractivity contribution is 5.33. The Kier molecular flexibility index (Phi) is 6.31. The fourth-order valence-electron chi connectivity index (χ4n) is 2.26. The molecule has 0 saturated carbocycles. The first kappa shape index (κ1) is 16.1. The van der Waals surface area contributed by atoms with Crippen molar-refractivity contribution in [2.75, 3.05) is 13.2 Å². The van der Waals surface area contributed by atoms with E-state index in [0.29, 0.717) is 6.61 Å². The largest absolute Gasteiger partial charge is 0.490 e. The summed E-state index contributed by atoms with van der Waals surface area (Å²) in [4.78, 5) is 0. The first-order chi connectivity index (χ1) is 10.2. The van der Waals surface area contributed by atoms with Crippen LogP contribution in [0.1, 0.15) is 51.5 Å². The van der Waals surface area contributed by atoms with Crippen molar-refractivity contribution in [2.24, 2.45) is 0 Å². The molecule has 0 amide bonds. The van der Waals surface area contributed by atoms with Crippen molar-refractivity contribution in [2.45, 2.75) is 58.0 Å². The number of hydrogen-bond donors (Lipinski definition) is 0. The van der Waals surface area contributed by atoms with Gasteiger partial charge in [-0.25, -0.2) is 0 Å². The number of aryl methyl sites for hydroxylation is 1. The molecule has 1 aliphatic rings. The summed E-state index contributed by atoms with van der Waals surface area (Å²) in [6, 6.07) is 8.37. The third kappa shape index (κ3) is 5.92. The zero-order valence-corrected chi connectivity index (χ0v) is 13.4. The van der Waals surface area contributed by atoms with E-state index in [4.69, 9.17) is 9.47 Å². The van der Waals surface area contributed by atoms with Crippen molar-refractivity contribution in [3.8, 4) is 5.75 Å². The number of ether oxygens (including phenoxy) is 2. The van der Waals surface area contributed by atoms with E-state index in [2.05, 4.69) is 44.2 Å². The van der Waals surface area contributed by atoms with Crippen LogP contribution in [0, 0.1) is 0 Å². The number of epoxide rings is 1. The van der Waals surface area contributed by atoms with Crippen LogP contribution in [0.25, 0.3) is 0 Å². The lowest BCUT2D eigenvalue weighted by Crippen LogP contribution is -2.17.